The molecule has 0 aliphatic carbocycles. The van der Waals surface area contributed by atoms with Crippen LogP contribution in [0, 0.1) is 6.92 Å². The highest BCUT2D eigenvalue weighted by Gasteiger charge is 2.15. The minimum atomic E-state index is -0.0493. The highest BCUT2D eigenvalue weighted by molar-refractivity contribution is 5.96. The average Bonchev–Trinajstić information content (AvgIpc) is 2.59. The molecule has 5 heteroatoms. The van der Waals surface area contributed by atoms with Gasteiger partial charge < -0.3 is 14.2 Å². The summed E-state index contributed by atoms with van der Waals surface area (Å²) in [5, 5.41) is 1.50. The number of nitrogens with zero attached hydrogens (tertiary/aromatic N) is 3. The first-order valence-electron chi connectivity index (χ1n) is 8.18. The topological polar surface area (TPSA) is 47.4 Å². The van der Waals surface area contributed by atoms with Crippen molar-refractivity contribution < 1.29 is 4.74 Å². The summed E-state index contributed by atoms with van der Waals surface area (Å²) in [6.45, 7) is 2.95. The summed E-state index contributed by atoms with van der Waals surface area (Å²) in [5.41, 5.74) is 4.32. The zero-order valence-corrected chi connectivity index (χ0v) is 15.3. The van der Waals surface area contributed by atoms with E-state index in [1.807, 2.05) is 26.4 Å². The van der Waals surface area contributed by atoms with E-state index < -0.39 is 0 Å². The van der Waals surface area contributed by atoms with Gasteiger partial charge in [0.25, 0.3) is 5.56 Å². The van der Waals surface area contributed by atoms with Gasteiger partial charge in [-0.05, 0) is 55.7 Å². The molecule has 0 spiro atoms. The van der Waals surface area contributed by atoms with Crippen molar-refractivity contribution in [2.75, 3.05) is 21.2 Å². The number of ether oxygens (including phenoxy) is 1. The van der Waals surface area contributed by atoms with E-state index in [0.717, 1.165) is 28.8 Å². The van der Waals surface area contributed by atoms with E-state index in [1.54, 1.807) is 31.1 Å². The van der Waals surface area contributed by atoms with Crippen molar-refractivity contribution in [3.05, 3.63) is 58.3 Å². The number of hydrogen-bond acceptors (Lipinski definition) is 4. The molecular weight excluding hydrogens is 314 g/mol. The van der Waals surface area contributed by atoms with Crippen molar-refractivity contribution >= 4 is 10.8 Å². The van der Waals surface area contributed by atoms with Crippen molar-refractivity contribution in [3.8, 4) is 16.9 Å². The summed E-state index contributed by atoms with van der Waals surface area (Å²) in [6.07, 6.45) is 5.21. The molecule has 3 rings (SSSR count). The van der Waals surface area contributed by atoms with Crippen LogP contribution in [-0.2, 0) is 13.6 Å². The summed E-state index contributed by atoms with van der Waals surface area (Å²) in [7, 11) is 7.54. The van der Waals surface area contributed by atoms with Gasteiger partial charge >= 0.3 is 0 Å². The van der Waals surface area contributed by atoms with Crippen molar-refractivity contribution in [2.24, 2.45) is 7.05 Å². The molecule has 0 radical (unpaired) electrons. The Morgan fingerprint density at radius 2 is 1.96 bits per heavy atom. The molecular formula is C20H23N3O2. The van der Waals surface area contributed by atoms with Crippen LogP contribution in [0.25, 0.3) is 21.9 Å². The molecule has 0 bridgehead atoms. The number of aryl methyl sites for hydroxylation is 2. The average molecular weight is 337 g/mol. The molecule has 0 amide bonds. The van der Waals surface area contributed by atoms with E-state index in [9.17, 15) is 4.79 Å². The van der Waals surface area contributed by atoms with Gasteiger partial charge in [-0.3, -0.25) is 9.78 Å². The first kappa shape index (κ1) is 17.2. The molecule has 130 valence electrons. The normalized spacial score (nSPS) is 11.3. The molecule has 5 nitrogen and oxygen atoms in total. The monoisotopic (exact) mass is 337 g/mol. The van der Waals surface area contributed by atoms with Crippen LogP contribution >= 0.6 is 0 Å². The lowest BCUT2D eigenvalue weighted by Crippen LogP contribution is -2.17. The van der Waals surface area contributed by atoms with E-state index in [2.05, 4.69) is 28.9 Å². The van der Waals surface area contributed by atoms with Crippen molar-refractivity contribution in [1.82, 2.24) is 14.5 Å². The standard InChI is InChI=1S/C20H23N3O2/c1-13-8-16(19(25-5)9-14(13)11-22(2)3)18-12-23(4)20(24)17-10-21-7-6-15(17)18/h6-10,12H,11H2,1-5H3. The lowest BCUT2D eigenvalue weighted by atomic mass is 9.96. The van der Waals surface area contributed by atoms with Gasteiger partial charge in [-0.1, -0.05) is 0 Å². The Morgan fingerprint density at radius 1 is 1.20 bits per heavy atom. The summed E-state index contributed by atoms with van der Waals surface area (Å²) < 4.78 is 7.27. The fourth-order valence-electron chi connectivity index (χ4n) is 3.15. The van der Waals surface area contributed by atoms with E-state index in [0.29, 0.717) is 5.39 Å². The van der Waals surface area contributed by atoms with Gasteiger partial charge in [0.05, 0.1) is 12.5 Å². The predicted octanol–water partition coefficient (Wildman–Crippen LogP) is 2.98. The van der Waals surface area contributed by atoms with Gasteiger partial charge in [-0.2, -0.15) is 0 Å². The fraction of sp³-hybridized carbons (Fsp3) is 0.300. The van der Waals surface area contributed by atoms with Crippen LogP contribution < -0.4 is 10.3 Å². The van der Waals surface area contributed by atoms with Crippen molar-refractivity contribution in [2.45, 2.75) is 13.5 Å². The minimum Gasteiger partial charge on any atom is -0.496 e. The maximum Gasteiger partial charge on any atom is 0.259 e. The summed E-state index contributed by atoms with van der Waals surface area (Å²) in [4.78, 5) is 18.6. The van der Waals surface area contributed by atoms with Gasteiger partial charge in [-0.15, -0.1) is 0 Å². The fourth-order valence-corrected chi connectivity index (χ4v) is 3.15. The number of benzene rings is 1. The molecule has 25 heavy (non-hydrogen) atoms. The molecule has 0 saturated carbocycles. The summed E-state index contributed by atoms with van der Waals surface area (Å²) in [6, 6.07) is 6.11. The van der Waals surface area contributed by atoms with Crippen LogP contribution in [-0.4, -0.2) is 35.7 Å². The highest BCUT2D eigenvalue weighted by atomic mass is 16.5. The second kappa shape index (κ2) is 6.69. The first-order chi connectivity index (χ1) is 11.9. The Hall–Kier alpha value is -2.66. The molecule has 0 aliphatic rings. The second-order valence-corrected chi connectivity index (χ2v) is 6.60. The van der Waals surface area contributed by atoms with Crippen LogP contribution in [0.15, 0.2) is 41.6 Å². The molecule has 2 heterocycles. The Bertz CT molecular complexity index is 990. The Morgan fingerprint density at radius 3 is 2.64 bits per heavy atom. The van der Waals surface area contributed by atoms with Crippen LogP contribution in [0.5, 0.6) is 5.75 Å². The van der Waals surface area contributed by atoms with Crippen LogP contribution in [0.3, 0.4) is 0 Å². The molecule has 0 saturated heterocycles. The third kappa shape index (κ3) is 3.15. The smallest absolute Gasteiger partial charge is 0.259 e. The predicted molar refractivity (Wildman–Crippen MR) is 101 cm³/mol. The van der Waals surface area contributed by atoms with Crippen LogP contribution in [0.2, 0.25) is 0 Å². The van der Waals surface area contributed by atoms with Gasteiger partial charge in [-0.25, -0.2) is 0 Å². The van der Waals surface area contributed by atoms with Crippen LogP contribution in [0.1, 0.15) is 11.1 Å². The maximum atomic E-state index is 12.4. The van der Waals surface area contributed by atoms with E-state index >= 15 is 0 Å². The number of aromatic nitrogens is 2. The molecule has 0 unspecified atom stereocenters. The third-order valence-electron chi connectivity index (χ3n) is 4.42. The highest BCUT2D eigenvalue weighted by Crippen LogP contribution is 2.36. The number of rotatable bonds is 4. The molecule has 0 atom stereocenters. The molecule has 1 aromatic carbocycles. The molecule has 0 N–H and O–H groups in total. The van der Waals surface area contributed by atoms with Gasteiger partial charge in [0.2, 0.25) is 0 Å². The molecule has 3 aromatic rings. The summed E-state index contributed by atoms with van der Waals surface area (Å²) in [5.74, 6) is 0.805. The van der Waals surface area contributed by atoms with E-state index in [1.165, 1.54) is 11.1 Å². The SMILES string of the molecule is COc1cc(CN(C)C)c(C)cc1-c1cn(C)c(=O)c2cnccc12. The lowest BCUT2D eigenvalue weighted by Gasteiger charge is -2.18. The Balaban J connectivity index is 2.30. The van der Waals surface area contributed by atoms with Gasteiger partial charge in [0, 0.05) is 43.3 Å². The van der Waals surface area contributed by atoms with Gasteiger partial charge in [0.15, 0.2) is 0 Å². The number of hydrogen-bond donors (Lipinski definition) is 0. The van der Waals surface area contributed by atoms with E-state index in [-0.39, 0.29) is 5.56 Å². The number of pyridine rings is 2. The Labute approximate surface area is 147 Å². The zero-order valence-electron chi connectivity index (χ0n) is 15.3. The van der Waals surface area contributed by atoms with E-state index in [4.69, 9.17) is 4.74 Å². The van der Waals surface area contributed by atoms with Gasteiger partial charge in [0.1, 0.15) is 5.75 Å². The maximum absolute atomic E-state index is 12.4. The third-order valence-corrected chi connectivity index (χ3v) is 4.42. The molecule has 0 fully saturated rings. The first-order valence-corrected chi connectivity index (χ1v) is 8.18. The number of methoxy groups -OCH3 is 1. The quantitative estimate of drug-likeness (QED) is 0.734. The van der Waals surface area contributed by atoms with Crippen molar-refractivity contribution in [1.29, 1.82) is 0 Å². The zero-order chi connectivity index (χ0) is 18.1. The number of fused-ring (bicyclic) bond motifs is 1. The largest absolute Gasteiger partial charge is 0.496 e. The van der Waals surface area contributed by atoms with Crippen molar-refractivity contribution in [3.63, 3.8) is 0 Å². The lowest BCUT2D eigenvalue weighted by molar-refractivity contribution is 0.395. The second-order valence-electron chi connectivity index (χ2n) is 6.60. The minimum absolute atomic E-state index is 0.0493. The molecule has 2 aromatic heterocycles. The summed E-state index contributed by atoms with van der Waals surface area (Å²) >= 11 is 0. The van der Waals surface area contributed by atoms with Crippen LogP contribution in [0.4, 0.5) is 0 Å². The Kier molecular flexibility index (Phi) is 4.59. The molecule has 0 aliphatic heterocycles.